The van der Waals surface area contributed by atoms with Gasteiger partial charge in [-0.2, -0.15) is 5.10 Å². The van der Waals surface area contributed by atoms with E-state index in [4.69, 9.17) is 5.73 Å². The summed E-state index contributed by atoms with van der Waals surface area (Å²) in [5, 5.41) is 4.27. The Labute approximate surface area is 99.2 Å². The molecule has 1 aromatic rings. The molecule has 0 saturated heterocycles. The first kappa shape index (κ1) is 11.1. The van der Waals surface area contributed by atoms with Crippen LogP contribution < -0.4 is 5.73 Å². The number of halogens is 1. The van der Waals surface area contributed by atoms with Gasteiger partial charge < -0.3 is 5.73 Å². The molecule has 4 heteroatoms. The third kappa shape index (κ3) is 2.11. The largest absolute Gasteiger partial charge is 0.327 e. The molecule has 1 heterocycles. The fourth-order valence-electron chi connectivity index (χ4n) is 2.56. The summed E-state index contributed by atoms with van der Waals surface area (Å²) in [6, 6.07) is 0.285. The molecular weight excluding hydrogens is 254 g/mol. The summed E-state index contributed by atoms with van der Waals surface area (Å²) in [6.45, 7) is 2.31. The van der Waals surface area contributed by atoms with E-state index in [2.05, 4.69) is 28.0 Å². The van der Waals surface area contributed by atoms with Crippen molar-refractivity contribution in [3.63, 3.8) is 0 Å². The van der Waals surface area contributed by atoms with Crippen LogP contribution in [0.2, 0.25) is 0 Å². The zero-order chi connectivity index (χ0) is 11.0. The molecule has 3 atom stereocenters. The Balaban J connectivity index is 2.28. The highest BCUT2D eigenvalue weighted by atomic mass is 79.9. The van der Waals surface area contributed by atoms with E-state index in [0.29, 0.717) is 5.92 Å². The van der Waals surface area contributed by atoms with E-state index in [1.807, 2.05) is 17.9 Å². The minimum absolute atomic E-state index is 0.285. The van der Waals surface area contributed by atoms with Crippen molar-refractivity contribution in [1.82, 2.24) is 9.78 Å². The molecule has 1 fully saturated rings. The Morgan fingerprint density at radius 1 is 1.53 bits per heavy atom. The Morgan fingerprint density at radius 2 is 2.27 bits per heavy atom. The fourth-order valence-corrected chi connectivity index (χ4v) is 3.20. The Bertz CT molecular complexity index is 328. The van der Waals surface area contributed by atoms with Crippen LogP contribution in [0.4, 0.5) is 0 Å². The molecule has 84 valence electrons. The molecule has 2 N–H and O–H groups in total. The highest BCUT2D eigenvalue weighted by Crippen LogP contribution is 2.37. The van der Waals surface area contributed by atoms with E-state index < -0.39 is 0 Å². The van der Waals surface area contributed by atoms with Crippen LogP contribution in [-0.4, -0.2) is 15.8 Å². The molecule has 1 aliphatic carbocycles. The quantitative estimate of drug-likeness (QED) is 0.853. The molecule has 1 aliphatic rings. The van der Waals surface area contributed by atoms with Gasteiger partial charge >= 0.3 is 0 Å². The summed E-state index contributed by atoms with van der Waals surface area (Å²) in [5.74, 6) is 1.23. The van der Waals surface area contributed by atoms with Gasteiger partial charge in [-0.25, -0.2) is 0 Å². The molecule has 0 aromatic carbocycles. The molecule has 0 amide bonds. The third-order valence-corrected chi connectivity index (χ3v) is 4.07. The van der Waals surface area contributed by atoms with Gasteiger partial charge in [0.25, 0.3) is 0 Å². The van der Waals surface area contributed by atoms with Crippen molar-refractivity contribution >= 4 is 15.9 Å². The van der Waals surface area contributed by atoms with Gasteiger partial charge in [0, 0.05) is 19.0 Å². The van der Waals surface area contributed by atoms with Crippen LogP contribution in [0.3, 0.4) is 0 Å². The minimum atomic E-state index is 0.285. The van der Waals surface area contributed by atoms with Crippen molar-refractivity contribution in [2.75, 3.05) is 0 Å². The summed E-state index contributed by atoms with van der Waals surface area (Å²) >= 11 is 3.56. The number of rotatable bonds is 1. The Morgan fingerprint density at radius 3 is 2.87 bits per heavy atom. The van der Waals surface area contributed by atoms with Crippen molar-refractivity contribution in [2.24, 2.45) is 18.7 Å². The average molecular weight is 272 g/mol. The first-order valence-corrected chi connectivity index (χ1v) is 6.32. The zero-order valence-corrected chi connectivity index (χ0v) is 10.9. The smallest absolute Gasteiger partial charge is 0.0635 e. The lowest BCUT2D eigenvalue weighted by molar-refractivity contribution is 0.296. The third-order valence-electron chi connectivity index (χ3n) is 3.45. The normalized spacial score (nSPS) is 31.9. The first-order valence-electron chi connectivity index (χ1n) is 5.52. The number of hydrogen-bond acceptors (Lipinski definition) is 2. The summed E-state index contributed by atoms with van der Waals surface area (Å²) in [6.07, 6.45) is 5.43. The molecule has 1 aromatic heterocycles. The molecule has 3 unspecified atom stereocenters. The second-order valence-electron chi connectivity index (χ2n) is 4.69. The second kappa shape index (κ2) is 4.26. The van der Waals surface area contributed by atoms with Gasteiger partial charge in [-0.05, 0) is 41.1 Å². The van der Waals surface area contributed by atoms with E-state index >= 15 is 0 Å². The van der Waals surface area contributed by atoms with Gasteiger partial charge in [0.15, 0.2) is 0 Å². The van der Waals surface area contributed by atoms with Crippen LogP contribution in [0, 0.1) is 5.92 Å². The van der Waals surface area contributed by atoms with E-state index in [9.17, 15) is 0 Å². The van der Waals surface area contributed by atoms with E-state index in [1.165, 1.54) is 18.5 Å². The van der Waals surface area contributed by atoms with Gasteiger partial charge in [0.05, 0.1) is 16.4 Å². The van der Waals surface area contributed by atoms with Crippen molar-refractivity contribution < 1.29 is 0 Å². The highest BCUT2D eigenvalue weighted by molar-refractivity contribution is 9.10. The number of nitrogens with zero attached hydrogens (tertiary/aromatic N) is 2. The first-order chi connectivity index (χ1) is 7.09. The number of hydrogen-bond donors (Lipinski definition) is 1. The molecule has 0 bridgehead atoms. The Hall–Kier alpha value is -0.350. The van der Waals surface area contributed by atoms with E-state index in [-0.39, 0.29) is 6.04 Å². The van der Waals surface area contributed by atoms with Gasteiger partial charge in [-0.1, -0.05) is 6.92 Å². The molecule has 2 rings (SSSR count). The lowest BCUT2D eigenvalue weighted by Gasteiger charge is -2.32. The average Bonchev–Trinajstić information content (AvgIpc) is 2.51. The maximum absolute atomic E-state index is 6.21. The fraction of sp³-hybridized carbons (Fsp3) is 0.727. The second-order valence-corrected chi connectivity index (χ2v) is 5.54. The summed E-state index contributed by atoms with van der Waals surface area (Å²) in [4.78, 5) is 0. The monoisotopic (exact) mass is 271 g/mol. The van der Waals surface area contributed by atoms with Crippen molar-refractivity contribution in [1.29, 1.82) is 0 Å². The van der Waals surface area contributed by atoms with Crippen molar-refractivity contribution in [2.45, 2.75) is 38.1 Å². The lowest BCUT2D eigenvalue weighted by atomic mass is 9.77. The molecule has 15 heavy (non-hydrogen) atoms. The maximum atomic E-state index is 6.21. The molecular formula is C11H18BrN3. The van der Waals surface area contributed by atoms with E-state index in [1.54, 1.807) is 0 Å². The molecule has 0 spiro atoms. The van der Waals surface area contributed by atoms with Crippen LogP contribution in [0.15, 0.2) is 10.7 Å². The zero-order valence-electron chi connectivity index (χ0n) is 9.28. The summed E-state index contributed by atoms with van der Waals surface area (Å²) < 4.78 is 3.05. The summed E-state index contributed by atoms with van der Waals surface area (Å²) in [7, 11) is 1.99. The maximum Gasteiger partial charge on any atom is 0.0635 e. The van der Waals surface area contributed by atoms with Gasteiger partial charge in [-0.3, -0.25) is 4.68 Å². The van der Waals surface area contributed by atoms with Crippen LogP contribution in [-0.2, 0) is 7.05 Å². The topological polar surface area (TPSA) is 43.8 Å². The van der Waals surface area contributed by atoms with Crippen LogP contribution in [0.5, 0.6) is 0 Å². The number of nitrogens with two attached hydrogens (primary N) is 1. The summed E-state index contributed by atoms with van der Waals surface area (Å²) in [5.41, 5.74) is 7.47. The predicted octanol–water partition coefficient (Wildman–Crippen LogP) is 2.41. The minimum Gasteiger partial charge on any atom is -0.327 e. The predicted molar refractivity (Wildman–Crippen MR) is 64.6 cm³/mol. The van der Waals surface area contributed by atoms with Crippen LogP contribution in [0.25, 0.3) is 0 Å². The number of aromatic nitrogens is 2. The van der Waals surface area contributed by atoms with Crippen molar-refractivity contribution in [3.05, 3.63) is 16.4 Å². The van der Waals surface area contributed by atoms with Crippen molar-refractivity contribution in [3.8, 4) is 0 Å². The highest BCUT2D eigenvalue weighted by Gasteiger charge is 2.30. The Kier molecular flexibility index (Phi) is 3.16. The van der Waals surface area contributed by atoms with Gasteiger partial charge in [0.1, 0.15) is 0 Å². The molecule has 0 radical (unpaired) electrons. The SMILES string of the molecule is CC1CCC(N)C(c2c(Br)cnn2C)C1. The molecule has 0 aliphatic heterocycles. The lowest BCUT2D eigenvalue weighted by Crippen LogP contribution is -2.35. The van der Waals surface area contributed by atoms with E-state index in [0.717, 1.165) is 16.8 Å². The van der Waals surface area contributed by atoms with Crippen LogP contribution >= 0.6 is 15.9 Å². The van der Waals surface area contributed by atoms with Gasteiger partial charge in [0.2, 0.25) is 0 Å². The van der Waals surface area contributed by atoms with Gasteiger partial charge in [-0.15, -0.1) is 0 Å². The molecule has 3 nitrogen and oxygen atoms in total. The number of aryl methyl sites for hydroxylation is 1. The standard InChI is InChI=1S/C11H18BrN3/c1-7-3-4-10(13)8(5-7)11-9(12)6-14-15(11)2/h6-8,10H,3-5,13H2,1-2H3. The van der Waals surface area contributed by atoms with Crippen LogP contribution in [0.1, 0.15) is 37.8 Å². The molecule has 1 saturated carbocycles.